The fourth-order valence-corrected chi connectivity index (χ4v) is 1.44. The number of carbonyl (C=O) groups excluding carboxylic acids is 1. The molecule has 1 heterocycles. The minimum Gasteiger partial charge on any atom is -0.380 e. The van der Waals surface area contributed by atoms with Crippen molar-refractivity contribution in [2.24, 2.45) is 11.8 Å². The van der Waals surface area contributed by atoms with E-state index in [9.17, 15) is 4.79 Å². The molecular weight excluding hydrogens is 140 g/mol. The summed E-state index contributed by atoms with van der Waals surface area (Å²) in [5.41, 5.74) is 1.06. The summed E-state index contributed by atoms with van der Waals surface area (Å²) in [5.74, 6) is 0.537. The first-order valence-corrected chi connectivity index (χ1v) is 3.86. The van der Waals surface area contributed by atoms with Gasteiger partial charge in [0.2, 0.25) is 0 Å². The van der Waals surface area contributed by atoms with E-state index in [0.29, 0.717) is 13.2 Å². The van der Waals surface area contributed by atoms with E-state index in [-0.39, 0.29) is 17.6 Å². The topological polar surface area (TPSA) is 26.3 Å². The van der Waals surface area contributed by atoms with Gasteiger partial charge in [-0.1, -0.05) is 12.2 Å². The van der Waals surface area contributed by atoms with Gasteiger partial charge in [-0.25, -0.2) is 0 Å². The van der Waals surface area contributed by atoms with Gasteiger partial charge in [0.1, 0.15) is 5.78 Å². The van der Waals surface area contributed by atoms with Crippen molar-refractivity contribution in [1.29, 1.82) is 0 Å². The fraction of sp³-hybridized carbons (Fsp3) is 0.667. The normalized spacial score (nSPS) is 30.4. The van der Waals surface area contributed by atoms with Crippen LogP contribution in [-0.2, 0) is 9.53 Å². The minimum absolute atomic E-state index is 0.0625. The lowest BCUT2D eigenvalue weighted by Gasteiger charge is -2.13. The standard InChI is InChI=1S/C9H14O2/c1-6(2)8-4-11-5-9(8)7(3)10/h8-9H,1,4-5H2,2-3H3. The van der Waals surface area contributed by atoms with Crippen LogP contribution in [0.25, 0.3) is 0 Å². The summed E-state index contributed by atoms with van der Waals surface area (Å²) in [6, 6.07) is 0. The fourth-order valence-electron chi connectivity index (χ4n) is 1.44. The molecule has 1 saturated heterocycles. The second-order valence-electron chi connectivity index (χ2n) is 3.21. The summed E-state index contributed by atoms with van der Waals surface area (Å²) < 4.78 is 5.21. The number of ether oxygens (including phenoxy) is 1. The van der Waals surface area contributed by atoms with Crippen molar-refractivity contribution in [3.05, 3.63) is 12.2 Å². The first-order valence-electron chi connectivity index (χ1n) is 3.86. The molecule has 2 atom stereocenters. The smallest absolute Gasteiger partial charge is 0.135 e. The molecule has 2 nitrogen and oxygen atoms in total. The van der Waals surface area contributed by atoms with E-state index in [4.69, 9.17) is 4.74 Å². The van der Waals surface area contributed by atoms with Crippen molar-refractivity contribution >= 4 is 5.78 Å². The molecule has 0 aliphatic carbocycles. The lowest BCUT2D eigenvalue weighted by Crippen LogP contribution is -2.20. The first kappa shape index (κ1) is 8.47. The molecule has 2 unspecified atom stereocenters. The summed E-state index contributed by atoms with van der Waals surface area (Å²) in [5, 5.41) is 0. The van der Waals surface area contributed by atoms with Crippen LogP contribution in [0.4, 0.5) is 0 Å². The summed E-state index contributed by atoms with van der Waals surface area (Å²) >= 11 is 0. The van der Waals surface area contributed by atoms with Crippen LogP contribution < -0.4 is 0 Å². The van der Waals surface area contributed by atoms with Crippen LogP contribution in [0, 0.1) is 11.8 Å². The summed E-state index contributed by atoms with van der Waals surface area (Å²) in [6.45, 7) is 8.65. The molecule has 0 saturated carbocycles. The molecule has 1 aliphatic heterocycles. The zero-order chi connectivity index (χ0) is 8.43. The van der Waals surface area contributed by atoms with Gasteiger partial charge in [-0.15, -0.1) is 0 Å². The quantitative estimate of drug-likeness (QED) is 0.562. The van der Waals surface area contributed by atoms with Crippen LogP contribution >= 0.6 is 0 Å². The molecule has 1 aliphatic rings. The predicted octanol–water partition coefficient (Wildman–Crippen LogP) is 1.41. The van der Waals surface area contributed by atoms with E-state index >= 15 is 0 Å². The highest BCUT2D eigenvalue weighted by atomic mass is 16.5. The SMILES string of the molecule is C=C(C)C1COCC1C(C)=O. The Kier molecular flexibility index (Phi) is 2.45. The van der Waals surface area contributed by atoms with Gasteiger partial charge in [-0.2, -0.15) is 0 Å². The molecule has 0 spiro atoms. The molecule has 11 heavy (non-hydrogen) atoms. The lowest BCUT2D eigenvalue weighted by atomic mass is 9.88. The summed E-state index contributed by atoms with van der Waals surface area (Å²) in [6.07, 6.45) is 0. The maximum atomic E-state index is 11.0. The monoisotopic (exact) mass is 154 g/mol. The summed E-state index contributed by atoms with van der Waals surface area (Å²) in [7, 11) is 0. The van der Waals surface area contributed by atoms with E-state index in [1.54, 1.807) is 6.92 Å². The van der Waals surface area contributed by atoms with Crippen LogP contribution in [0.5, 0.6) is 0 Å². The van der Waals surface area contributed by atoms with Crippen molar-refractivity contribution in [3.8, 4) is 0 Å². The number of rotatable bonds is 2. The van der Waals surface area contributed by atoms with E-state index in [0.717, 1.165) is 5.57 Å². The number of ketones is 1. The highest BCUT2D eigenvalue weighted by molar-refractivity contribution is 5.79. The molecule has 1 rings (SSSR count). The van der Waals surface area contributed by atoms with Crippen LogP contribution in [0.2, 0.25) is 0 Å². The highest BCUT2D eigenvalue weighted by Crippen LogP contribution is 2.26. The van der Waals surface area contributed by atoms with Crippen molar-refractivity contribution in [2.75, 3.05) is 13.2 Å². The molecular formula is C9H14O2. The van der Waals surface area contributed by atoms with Gasteiger partial charge in [-0.05, 0) is 13.8 Å². The average molecular weight is 154 g/mol. The van der Waals surface area contributed by atoms with E-state index < -0.39 is 0 Å². The van der Waals surface area contributed by atoms with E-state index in [1.165, 1.54) is 0 Å². The Morgan fingerprint density at radius 2 is 1.91 bits per heavy atom. The number of carbonyl (C=O) groups is 1. The Morgan fingerprint density at radius 3 is 2.27 bits per heavy atom. The third-order valence-electron chi connectivity index (χ3n) is 2.24. The van der Waals surface area contributed by atoms with Crippen LogP contribution in [-0.4, -0.2) is 19.0 Å². The molecule has 1 fully saturated rings. The lowest BCUT2D eigenvalue weighted by molar-refractivity contribution is -0.121. The molecule has 0 aromatic rings. The maximum absolute atomic E-state index is 11.0. The third kappa shape index (κ3) is 1.69. The average Bonchev–Trinajstić information content (AvgIpc) is 2.32. The molecule has 0 aromatic heterocycles. The van der Waals surface area contributed by atoms with Crippen LogP contribution in [0.1, 0.15) is 13.8 Å². The molecule has 62 valence electrons. The second-order valence-corrected chi connectivity index (χ2v) is 3.21. The van der Waals surface area contributed by atoms with Gasteiger partial charge >= 0.3 is 0 Å². The van der Waals surface area contributed by atoms with E-state index in [1.807, 2.05) is 6.92 Å². The predicted molar refractivity (Wildman–Crippen MR) is 43.3 cm³/mol. The Labute approximate surface area is 67.2 Å². The van der Waals surface area contributed by atoms with Crippen molar-refractivity contribution in [2.45, 2.75) is 13.8 Å². The van der Waals surface area contributed by atoms with Gasteiger partial charge in [0.25, 0.3) is 0 Å². The first-order chi connectivity index (χ1) is 5.13. The molecule has 0 aromatic carbocycles. The molecule has 0 bridgehead atoms. The number of Topliss-reactive ketones (excluding diaryl/α,β-unsaturated/α-hetero) is 1. The number of hydrogen-bond donors (Lipinski definition) is 0. The summed E-state index contributed by atoms with van der Waals surface area (Å²) in [4.78, 5) is 11.0. The molecule has 0 amide bonds. The minimum atomic E-state index is 0.0625. The molecule has 0 N–H and O–H groups in total. The Balaban J connectivity index is 2.65. The number of hydrogen-bond acceptors (Lipinski definition) is 2. The maximum Gasteiger partial charge on any atom is 0.135 e. The molecule has 0 radical (unpaired) electrons. The third-order valence-corrected chi connectivity index (χ3v) is 2.24. The van der Waals surface area contributed by atoms with Gasteiger partial charge in [0, 0.05) is 11.8 Å². The van der Waals surface area contributed by atoms with Crippen LogP contribution in [0.15, 0.2) is 12.2 Å². The largest absolute Gasteiger partial charge is 0.380 e. The molecule has 2 heteroatoms. The van der Waals surface area contributed by atoms with Crippen molar-refractivity contribution < 1.29 is 9.53 Å². The zero-order valence-corrected chi connectivity index (χ0v) is 7.09. The van der Waals surface area contributed by atoms with Gasteiger partial charge in [0.05, 0.1) is 13.2 Å². The Bertz CT molecular complexity index is 164. The van der Waals surface area contributed by atoms with Crippen LogP contribution in [0.3, 0.4) is 0 Å². The Morgan fingerprint density at radius 1 is 1.36 bits per heavy atom. The van der Waals surface area contributed by atoms with Crippen molar-refractivity contribution in [1.82, 2.24) is 0 Å². The second kappa shape index (κ2) is 3.18. The Hall–Kier alpha value is -0.630. The van der Waals surface area contributed by atoms with Crippen molar-refractivity contribution in [3.63, 3.8) is 0 Å². The highest BCUT2D eigenvalue weighted by Gasteiger charge is 2.31. The van der Waals surface area contributed by atoms with Gasteiger partial charge in [-0.3, -0.25) is 4.79 Å². The van der Waals surface area contributed by atoms with Gasteiger partial charge in [0.15, 0.2) is 0 Å². The van der Waals surface area contributed by atoms with Gasteiger partial charge < -0.3 is 4.74 Å². The van der Waals surface area contributed by atoms with E-state index in [2.05, 4.69) is 6.58 Å². The zero-order valence-electron chi connectivity index (χ0n) is 7.09.